The lowest BCUT2D eigenvalue weighted by Gasteiger charge is -2.36. The summed E-state index contributed by atoms with van der Waals surface area (Å²) in [5.74, 6) is 0.773. The van der Waals surface area contributed by atoms with Crippen LogP contribution in [-0.4, -0.2) is 37.1 Å². The molecule has 1 aliphatic heterocycles. The van der Waals surface area contributed by atoms with E-state index in [1.807, 2.05) is 0 Å². The van der Waals surface area contributed by atoms with Crippen molar-refractivity contribution >= 4 is 0 Å². The summed E-state index contributed by atoms with van der Waals surface area (Å²) < 4.78 is 0. The number of nitrogens with zero attached hydrogens (tertiary/aromatic N) is 1. The fourth-order valence-corrected chi connectivity index (χ4v) is 2.87. The van der Waals surface area contributed by atoms with Gasteiger partial charge in [0.1, 0.15) is 0 Å². The van der Waals surface area contributed by atoms with Crippen molar-refractivity contribution in [3.05, 3.63) is 35.9 Å². The lowest BCUT2D eigenvalue weighted by atomic mass is 9.93. The molecule has 0 bridgehead atoms. The molecule has 0 spiro atoms. The molecule has 2 rings (SSSR count). The fraction of sp³-hybridized carbons (Fsp3) is 0.625. The third-order valence-corrected chi connectivity index (χ3v) is 4.10. The van der Waals surface area contributed by atoms with Gasteiger partial charge < -0.3 is 10.2 Å². The predicted octanol–water partition coefficient (Wildman–Crippen LogP) is 2.55. The average molecular weight is 246 g/mol. The van der Waals surface area contributed by atoms with E-state index < -0.39 is 0 Å². The number of likely N-dealkylation sites (tertiary alicyclic amines) is 1. The van der Waals surface area contributed by atoms with E-state index in [0.29, 0.717) is 6.04 Å². The second-order valence-corrected chi connectivity index (χ2v) is 5.46. The molecule has 1 fully saturated rings. The highest BCUT2D eigenvalue weighted by Crippen LogP contribution is 2.16. The first-order valence-corrected chi connectivity index (χ1v) is 7.29. The molecular weight excluding hydrogens is 220 g/mol. The van der Waals surface area contributed by atoms with Crippen molar-refractivity contribution in [2.24, 2.45) is 5.92 Å². The van der Waals surface area contributed by atoms with Gasteiger partial charge in [0, 0.05) is 12.6 Å². The zero-order chi connectivity index (χ0) is 12.8. The molecule has 1 heterocycles. The molecule has 1 aliphatic rings. The summed E-state index contributed by atoms with van der Waals surface area (Å²) in [6, 6.07) is 11.5. The molecule has 18 heavy (non-hydrogen) atoms. The maximum atomic E-state index is 3.74. The fourth-order valence-electron chi connectivity index (χ4n) is 2.87. The summed E-state index contributed by atoms with van der Waals surface area (Å²) in [5, 5.41) is 3.74. The van der Waals surface area contributed by atoms with Crippen LogP contribution in [0.25, 0.3) is 0 Å². The van der Waals surface area contributed by atoms with Crippen LogP contribution < -0.4 is 5.32 Å². The van der Waals surface area contributed by atoms with Crippen molar-refractivity contribution in [2.45, 2.75) is 32.7 Å². The maximum absolute atomic E-state index is 3.74. The zero-order valence-corrected chi connectivity index (χ0v) is 11.7. The molecule has 0 unspecified atom stereocenters. The lowest BCUT2D eigenvalue weighted by Crippen LogP contribution is -2.48. The third-order valence-electron chi connectivity index (χ3n) is 4.10. The molecule has 2 atom stereocenters. The quantitative estimate of drug-likeness (QED) is 0.859. The Hall–Kier alpha value is -0.860. The predicted molar refractivity (Wildman–Crippen MR) is 77.8 cm³/mol. The molecule has 0 radical (unpaired) electrons. The minimum Gasteiger partial charge on any atom is -0.313 e. The Morgan fingerprint density at radius 1 is 1.28 bits per heavy atom. The SMILES string of the molecule is CCN1CC[C@H](NCCc2ccccc2)[C@@H](C)C1. The van der Waals surface area contributed by atoms with Crippen LogP contribution in [0.1, 0.15) is 25.8 Å². The molecule has 0 saturated carbocycles. The van der Waals surface area contributed by atoms with Gasteiger partial charge in [-0.3, -0.25) is 0 Å². The number of hydrogen-bond acceptors (Lipinski definition) is 2. The summed E-state index contributed by atoms with van der Waals surface area (Å²) in [6.07, 6.45) is 2.44. The van der Waals surface area contributed by atoms with Gasteiger partial charge in [-0.05, 0) is 44.0 Å². The average Bonchev–Trinajstić information content (AvgIpc) is 2.42. The summed E-state index contributed by atoms with van der Waals surface area (Å²) >= 11 is 0. The highest BCUT2D eigenvalue weighted by molar-refractivity contribution is 5.14. The van der Waals surface area contributed by atoms with E-state index in [1.54, 1.807) is 0 Å². The van der Waals surface area contributed by atoms with Gasteiger partial charge in [-0.25, -0.2) is 0 Å². The molecule has 0 aromatic heterocycles. The standard InChI is InChI=1S/C16H26N2/c1-3-18-12-10-16(14(2)13-18)17-11-9-15-7-5-4-6-8-15/h4-8,14,16-17H,3,9-13H2,1-2H3/t14-,16-/m0/s1. The molecule has 2 heteroatoms. The first kappa shape index (κ1) is 13.6. The second kappa shape index (κ2) is 6.91. The van der Waals surface area contributed by atoms with E-state index >= 15 is 0 Å². The molecule has 0 amide bonds. The smallest absolute Gasteiger partial charge is 0.0117 e. The number of hydrogen-bond donors (Lipinski definition) is 1. The Balaban J connectivity index is 1.71. The monoisotopic (exact) mass is 246 g/mol. The van der Waals surface area contributed by atoms with Crippen LogP contribution in [0, 0.1) is 5.92 Å². The van der Waals surface area contributed by atoms with E-state index in [-0.39, 0.29) is 0 Å². The van der Waals surface area contributed by atoms with Crippen LogP contribution in [0.2, 0.25) is 0 Å². The summed E-state index contributed by atoms with van der Waals surface area (Å²) in [4.78, 5) is 2.56. The summed E-state index contributed by atoms with van der Waals surface area (Å²) in [6.45, 7) is 9.44. The Labute approximate surface area is 111 Å². The number of nitrogens with one attached hydrogen (secondary N) is 1. The topological polar surface area (TPSA) is 15.3 Å². The Morgan fingerprint density at radius 3 is 2.72 bits per heavy atom. The normalized spacial score (nSPS) is 25.2. The van der Waals surface area contributed by atoms with Crippen LogP contribution in [0.3, 0.4) is 0 Å². The van der Waals surface area contributed by atoms with Gasteiger partial charge in [0.15, 0.2) is 0 Å². The van der Waals surface area contributed by atoms with Crippen LogP contribution in [0.4, 0.5) is 0 Å². The van der Waals surface area contributed by atoms with E-state index in [0.717, 1.165) is 18.9 Å². The third kappa shape index (κ3) is 3.82. The first-order valence-electron chi connectivity index (χ1n) is 7.29. The lowest BCUT2D eigenvalue weighted by molar-refractivity contribution is 0.154. The van der Waals surface area contributed by atoms with Gasteiger partial charge in [-0.2, -0.15) is 0 Å². The first-order chi connectivity index (χ1) is 8.79. The van der Waals surface area contributed by atoms with E-state index in [2.05, 4.69) is 54.4 Å². The van der Waals surface area contributed by atoms with Gasteiger partial charge >= 0.3 is 0 Å². The second-order valence-electron chi connectivity index (χ2n) is 5.46. The van der Waals surface area contributed by atoms with Crippen molar-refractivity contribution in [1.82, 2.24) is 10.2 Å². The van der Waals surface area contributed by atoms with Gasteiger partial charge in [0.25, 0.3) is 0 Å². The van der Waals surface area contributed by atoms with Gasteiger partial charge in [-0.15, -0.1) is 0 Å². The molecule has 1 aromatic rings. The van der Waals surface area contributed by atoms with Gasteiger partial charge in [0.2, 0.25) is 0 Å². The highest BCUT2D eigenvalue weighted by atomic mass is 15.1. The van der Waals surface area contributed by atoms with Crippen molar-refractivity contribution < 1.29 is 0 Å². The van der Waals surface area contributed by atoms with E-state index in [9.17, 15) is 0 Å². The van der Waals surface area contributed by atoms with E-state index in [1.165, 1.54) is 31.6 Å². The molecule has 2 nitrogen and oxygen atoms in total. The van der Waals surface area contributed by atoms with E-state index in [4.69, 9.17) is 0 Å². The van der Waals surface area contributed by atoms with Gasteiger partial charge in [-0.1, -0.05) is 44.2 Å². The maximum Gasteiger partial charge on any atom is 0.0117 e. The molecule has 100 valence electrons. The number of rotatable bonds is 5. The number of piperidine rings is 1. The Kier molecular flexibility index (Phi) is 5.21. The highest BCUT2D eigenvalue weighted by Gasteiger charge is 2.24. The van der Waals surface area contributed by atoms with Crippen molar-refractivity contribution in [3.8, 4) is 0 Å². The Bertz CT molecular complexity index is 336. The molecule has 1 saturated heterocycles. The largest absolute Gasteiger partial charge is 0.313 e. The summed E-state index contributed by atoms with van der Waals surface area (Å²) in [5.41, 5.74) is 1.43. The number of benzene rings is 1. The minimum atomic E-state index is 0.705. The molecule has 1 aromatic carbocycles. The molecule has 0 aliphatic carbocycles. The van der Waals surface area contributed by atoms with Gasteiger partial charge in [0.05, 0.1) is 0 Å². The van der Waals surface area contributed by atoms with Crippen molar-refractivity contribution in [1.29, 1.82) is 0 Å². The van der Waals surface area contributed by atoms with Crippen LogP contribution in [-0.2, 0) is 6.42 Å². The van der Waals surface area contributed by atoms with Crippen LogP contribution >= 0.6 is 0 Å². The summed E-state index contributed by atoms with van der Waals surface area (Å²) in [7, 11) is 0. The van der Waals surface area contributed by atoms with Crippen molar-refractivity contribution in [2.75, 3.05) is 26.2 Å². The van der Waals surface area contributed by atoms with Crippen molar-refractivity contribution in [3.63, 3.8) is 0 Å². The minimum absolute atomic E-state index is 0.705. The molecular formula is C16H26N2. The van der Waals surface area contributed by atoms with Crippen LogP contribution in [0.5, 0.6) is 0 Å². The molecule has 1 N–H and O–H groups in total. The Morgan fingerprint density at radius 2 is 2.06 bits per heavy atom. The van der Waals surface area contributed by atoms with Crippen LogP contribution in [0.15, 0.2) is 30.3 Å². The zero-order valence-electron chi connectivity index (χ0n) is 11.7.